The molecular weight excluding hydrogens is 430 g/mol. The summed E-state index contributed by atoms with van der Waals surface area (Å²) in [5, 5.41) is 15.9. The number of hydrogen-bond acceptors (Lipinski definition) is 5. The summed E-state index contributed by atoms with van der Waals surface area (Å²) in [6, 6.07) is 21.2. The second-order valence-corrected chi connectivity index (χ2v) is 9.22. The van der Waals surface area contributed by atoms with Crippen LogP contribution in [-0.2, 0) is 9.53 Å². The normalized spacial score (nSPS) is 12.9. The number of aryl methyl sites for hydroxylation is 1. The van der Waals surface area contributed by atoms with Crippen LogP contribution in [0.4, 0.5) is 0 Å². The molecule has 0 aliphatic rings. The number of carbonyl (C=O) groups is 1. The minimum absolute atomic E-state index is 0.414. The van der Waals surface area contributed by atoms with E-state index in [1.54, 1.807) is 11.4 Å². The third-order valence-corrected chi connectivity index (χ3v) is 5.52. The average Bonchev–Trinajstić information content (AvgIpc) is 3.40. The number of hydrogen-bond donors (Lipinski definition) is 1. The van der Waals surface area contributed by atoms with Crippen molar-refractivity contribution < 1.29 is 19.1 Å². The van der Waals surface area contributed by atoms with Gasteiger partial charge >= 0.3 is 5.97 Å². The van der Waals surface area contributed by atoms with E-state index in [4.69, 9.17) is 19.2 Å². The summed E-state index contributed by atoms with van der Waals surface area (Å²) >= 11 is 0. The van der Waals surface area contributed by atoms with Gasteiger partial charge in [0.15, 0.2) is 17.5 Å². The van der Waals surface area contributed by atoms with Gasteiger partial charge in [-0.15, -0.1) is 0 Å². The Balaban J connectivity index is 1.83. The van der Waals surface area contributed by atoms with E-state index in [0.29, 0.717) is 33.9 Å². The number of fused-ring (bicyclic) bond motifs is 2. The van der Waals surface area contributed by atoms with Crippen molar-refractivity contribution in [3.63, 3.8) is 0 Å². The van der Waals surface area contributed by atoms with E-state index in [0.717, 1.165) is 16.6 Å². The lowest BCUT2D eigenvalue weighted by atomic mass is 10.0. The lowest BCUT2D eigenvalue weighted by Crippen LogP contribution is -2.29. The molecule has 172 valence electrons. The molecular formula is C27H25N3O4. The van der Waals surface area contributed by atoms with Crippen molar-refractivity contribution in [3.8, 4) is 22.7 Å². The summed E-state index contributed by atoms with van der Waals surface area (Å²) in [7, 11) is 0. The smallest absolute Gasteiger partial charge is 0.337 e. The fourth-order valence-corrected chi connectivity index (χ4v) is 4.12. The molecule has 7 heteroatoms. The number of nitrogens with zero attached hydrogens (tertiary/aromatic N) is 3. The van der Waals surface area contributed by atoms with Crippen molar-refractivity contribution in [2.45, 2.75) is 39.4 Å². The summed E-state index contributed by atoms with van der Waals surface area (Å²) in [4.78, 5) is 17.1. The van der Waals surface area contributed by atoms with E-state index < -0.39 is 17.7 Å². The molecule has 1 N–H and O–H groups in total. The SMILES string of the molecule is Cc1nc2cc(-c3ccccc3)nn2c(-c2cc3ccccc3o2)c1C(OC(C)(C)C)C(=O)O. The Morgan fingerprint density at radius 3 is 2.44 bits per heavy atom. The van der Waals surface area contributed by atoms with Gasteiger partial charge in [-0.25, -0.2) is 14.3 Å². The third-order valence-electron chi connectivity index (χ3n) is 5.52. The Hall–Kier alpha value is -3.97. The molecule has 1 unspecified atom stereocenters. The van der Waals surface area contributed by atoms with Crippen molar-refractivity contribution in [2.24, 2.45) is 0 Å². The Bertz CT molecular complexity index is 1480. The first-order valence-corrected chi connectivity index (χ1v) is 11.1. The van der Waals surface area contributed by atoms with Crippen LogP contribution in [-0.4, -0.2) is 31.3 Å². The zero-order valence-corrected chi connectivity index (χ0v) is 19.4. The number of carboxylic acid groups (broad SMARTS) is 1. The molecule has 0 aliphatic heterocycles. The van der Waals surface area contributed by atoms with Gasteiger partial charge in [0.2, 0.25) is 0 Å². The van der Waals surface area contributed by atoms with Crippen molar-refractivity contribution in [1.29, 1.82) is 0 Å². The highest BCUT2D eigenvalue weighted by molar-refractivity contribution is 5.85. The minimum Gasteiger partial charge on any atom is -0.479 e. The van der Waals surface area contributed by atoms with Crippen molar-refractivity contribution in [3.05, 3.63) is 78.0 Å². The van der Waals surface area contributed by atoms with Crippen LogP contribution < -0.4 is 0 Å². The molecule has 7 nitrogen and oxygen atoms in total. The number of benzene rings is 2. The maximum atomic E-state index is 12.4. The first-order valence-electron chi connectivity index (χ1n) is 11.1. The second-order valence-electron chi connectivity index (χ2n) is 9.22. The van der Waals surface area contributed by atoms with Gasteiger partial charge in [-0.05, 0) is 39.8 Å². The minimum atomic E-state index is -1.26. The van der Waals surface area contributed by atoms with Crippen LogP contribution >= 0.6 is 0 Å². The standard InChI is InChI=1S/C27H25N3O4/c1-16-23(25(26(31)32)34-27(2,3)4)24(21-14-18-12-8-9-13-20(18)33-21)30-22(28-16)15-19(29-30)17-10-6-5-7-11-17/h5-15,25H,1-4H3,(H,31,32). The maximum Gasteiger partial charge on any atom is 0.337 e. The molecule has 1 atom stereocenters. The number of aliphatic carboxylic acids is 1. The average molecular weight is 456 g/mol. The number of carboxylic acids is 1. The Morgan fingerprint density at radius 1 is 1.06 bits per heavy atom. The lowest BCUT2D eigenvalue weighted by Gasteiger charge is -2.27. The number of rotatable bonds is 5. The predicted octanol–water partition coefficient (Wildman–Crippen LogP) is 6.06. The highest BCUT2D eigenvalue weighted by Crippen LogP contribution is 2.38. The molecule has 0 spiro atoms. The molecule has 34 heavy (non-hydrogen) atoms. The van der Waals surface area contributed by atoms with E-state index >= 15 is 0 Å². The highest BCUT2D eigenvalue weighted by atomic mass is 16.5. The van der Waals surface area contributed by atoms with E-state index in [9.17, 15) is 9.90 Å². The quantitative estimate of drug-likeness (QED) is 0.346. The van der Waals surface area contributed by atoms with Gasteiger partial charge in [0.25, 0.3) is 0 Å². The van der Waals surface area contributed by atoms with E-state index in [-0.39, 0.29) is 0 Å². The highest BCUT2D eigenvalue weighted by Gasteiger charge is 2.34. The van der Waals surface area contributed by atoms with Gasteiger partial charge in [-0.1, -0.05) is 48.5 Å². The zero-order valence-electron chi connectivity index (χ0n) is 19.4. The molecule has 0 aliphatic carbocycles. The first-order chi connectivity index (χ1) is 16.2. The topological polar surface area (TPSA) is 89.9 Å². The monoisotopic (exact) mass is 455 g/mol. The summed E-state index contributed by atoms with van der Waals surface area (Å²) < 4.78 is 13.9. The van der Waals surface area contributed by atoms with Gasteiger partial charge in [-0.2, -0.15) is 5.10 Å². The van der Waals surface area contributed by atoms with Crippen LogP contribution in [0.15, 0.2) is 71.1 Å². The Kier molecular flexibility index (Phi) is 5.21. The van der Waals surface area contributed by atoms with Crippen LogP contribution in [0.25, 0.3) is 39.3 Å². The largest absolute Gasteiger partial charge is 0.479 e. The maximum absolute atomic E-state index is 12.4. The molecule has 2 aromatic carbocycles. The van der Waals surface area contributed by atoms with Crippen LogP contribution in [0, 0.1) is 6.92 Å². The summed E-state index contributed by atoms with van der Waals surface area (Å²) in [6.45, 7) is 7.27. The van der Waals surface area contributed by atoms with Crippen LogP contribution in [0.2, 0.25) is 0 Å². The predicted molar refractivity (Wildman–Crippen MR) is 130 cm³/mol. The van der Waals surface area contributed by atoms with Crippen LogP contribution in [0.3, 0.4) is 0 Å². The van der Waals surface area contributed by atoms with E-state index in [1.165, 1.54) is 0 Å². The van der Waals surface area contributed by atoms with Gasteiger partial charge in [0, 0.05) is 28.3 Å². The lowest BCUT2D eigenvalue weighted by molar-refractivity contribution is -0.160. The second kappa shape index (κ2) is 8.11. The summed E-state index contributed by atoms with van der Waals surface area (Å²) in [5.41, 5.74) is 3.72. The summed E-state index contributed by atoms with van der Waals surface area (Å²) in [5.74, 6) is -0.606. The van der Waals surface area contributed by atoms with Crippen molar-refractivity contribution in [2.75, 3.05) is 0 Å². The molecule has 3 heterocycles. The fourth-order valence-electron chi connectivity index (χ4n) is 4.12. The zero-order chi connectivity index (χ0) is 24.0. The molecule has 5 aromatic rings. The Labute approximate surface area is 196 Å². The van der Waals surface area contributed by atoms with Crippen molar-refractivity contribution in [1.82, 2.24) is 14.6 Å². The summed E-state index contributed by atoms with van der Waals surface area (Å²) in [6.07, 6.45) is -1.26. The fraction of sp³-hybridized carbons (Fsp3) is 0.222. The van der Waals surface area contributed by atoms with E-state index in [1.807, 2.05) is 87.5 Å². The molecule has 0 amide bonds. The molecule has 0 bridgehead atoms. The van der Waals surface area contributed by atoms with Crippen LogP contribution in [0.1, 0.15) is 38.1 Å². The molecule has 0 saturated heterocycles. The van der Waals surface area contributed by atoms with Gasteiger partial charge < -0.3 is 14.3 Å². The third kappa shape index (κ3) is 3.95. The molecule has 0 saturated carbocycles. The number of ether oxygens (including phenoxy) is 1. The first kappa shape index (κ1) is 21.9. The van der Waals surface area contributed by atoms with E-state index in [2.05, 4.69) is 0 Å². The number of aromatic nitrogens is 3. The Morgan fingerprint density at radius 2 is 1.76 bits per heavy atom. The number of para-hydroxylation sites is 1. The number of furan rings is 1. The molecule has 5 rings (SSSR count). The molecule has 0 fully saturated rings. The van der Waals surface area contributed by atoms with Gasteiger partial charge in [0.05, 0.1) is 11.3 Å². The van der Waals surface area contributed by atoms with Gasteiger partial charge in [0.1, 0.15) is 11.3 Å². The van der Waals surface area contributed by atoms with Gasteiger partial charge in [-0.3, -0.25) is 0 Å². The molecule has 3 aromatic heterocycles. The molecule has 0 radical (unpaired) electrons. The van der Waals surface area contributed by atoms with Crippen molar-refractivity contribution >= 4 is 22.6 Å². The van der Waals surface area contributed by atoms with Crippen LogP contribution in [0.5, 0.6) is 0 Å².